The number of hydrogen-bond acceptors (Lipinski definition) is 4. The Hall–Kier alpha value is -1.96. The molecule has 1 atom stereocenters. The number of aryl methyl sites for hydroxylation is 1. The Labute approximate surface area is 156 Å². The molecule has 3 aromatic rings. The van der Waals surface area contributed by atoms with Crippen molar-refractivity contribution in [3.63, 3.8) is 0 Å². The van der Waals surface area contributed by atoms with Crippen molar-refractivity contribution >= 4 is 28.7 Å². The van der Waals surface area contributed by atoms with Gasteiger partial charge in [0.2, 0.25) is 0 Å². The molecule has 0 aliphatic carbocycles. The average Bonchev–Trinajstić information content (AvgIpc) is 3.01. The maximum atomic E-state index is 11.2. The van der Waals surface area contributed by atoms with Gasteiger partial charge < -0.3 is 14.2 Å². The summed E-state index contributed by atoms with van der Waals surface area (Å²) in [6.07, 6.45) is 0.306. The lowest BCUT2D eigenvalue weighted by molar-refractivity contribution is 0.360. The van der Waals surface area contributed by atoms with Crippen LogP contribution in [0.5, 0.6) is 0 Å². The number of furan rings is 1. The van der Waals surface area contributed by atoms with Gasteiger partial charge in [0.25, 0.3) is 10.1 Å². The zero-order valence-corrected chi connectivity index (χ0v) is 15.9. The lowest BCUT2D eigenvalue weighted by atomic mass is 10.1. The SMILES string of the molecule is O=P(O)(O)C(CCCc1ccc(-c2cc3ccccc3o2)cc1)S(=O)(=O)O. The van der Waals surface area contributed by atoms with Gasteiger partial charge in [-0.15, -0.1) is 0 Å². The van der Waals surface area contributed by atoms with Crippen LogP contribution in [-0.4, -0.2) is 27.7 Å². The van der Waals surface area contributed by atoms with Gasteiger partial charge in [-0.25, -0.2) is 0 Å². The first-order valence-corrected chi connectivity index (χ1v) is 11.4. The van der Waals surface area contributed by atoms with Gasteiger partial charge in [-0.05, 0) is 37.0 Å². The van der Waals surface area contributed by atoms with Crippen molar-refractivity contribution in [2.24, 2.45) is 0 Å². The summed E-state index contributed by atoms with van der Waals surface area (Å²) >= 11 is 0. The molecule has 0 radical (unpaired) electrons. The van der Waals surface area contributed by atoms with E-state index in [2.05, 4.69) is 0 Å². The molecule has 144 valence electrons. The second kappa shape index (κ2) is 7.58. The first kappa shape index (κ1) is 19.8. The minimum Gasteiger partial charge on any atom is -0.456 e. The number of hydrogen-bond donors (Lipinski definition) is 3. The van der Waals surface area contributed by atoms with E-state index in [-0.39, 0.29) is 12.8 Å². The predicted molar refractivity (Wildman–Crippen MR) is 102 cm³/mol. The largest absolute Gasteiger partial charge is 0.456 e. The van der Waals surface area contributed by atoms with E-state index in [0.29, 0.717) is 6.42 Å². The van der Waals surface area contributed by atoms with Crippen LogP contribution in [0.15, 0.2) is 59.0 Å². The molecule has 0 saturated heterocycles. The molecule has 1 heterocycles. The summed E-state index contributed by atoms with van der Waals surface area (Å²) in [6.45, 7) is 0. The second-order valence-corrected chi connectivity index (χ2v) is 10.0. The summed E-state index contributed by atoms with van der Waals surface area (Å²) in [6, 6.07) is 17.1. The van der Waals surface area contributed by atoms with Crippen molar-refractivity contribution in [3.8, 4) is 11.3 Å². The Balaban J connectivity index is 1.66. The Kier molecular flexibility index (Phi) is 5.55. The zero-order valence-electron chi connectivity index (χ0n) is 14.2. The lowest BCUT2D eigenvalue weighted by Crippen LogP contribution is -2.20. The molecule has 3 rings (SSSR count). The summed E-state index contributed by atoms with van der Waals surface area (Å²) in [5.74, 6) is 0.732. The van der Waals surface area contributed by atoms with Crippen LogP contribution < -0.4 is 0 Å². The fourth-order valence-corrected chi connectivity index (χ4v) is 5.30. The Bertz CT molecular complexity index is 1050. The fraction of sp³-hybridized carbons (Fsp3) is 0.222. The maximum absolute atomic E-state index is 11.2. The van der Waals surface area contributed by atoms with Crippen LogP contribution in [0.25, 0.3) is 22.3 Å². The van der Waals surface area contributed by atoms with Crippen molar-refractivity contribution in [2.45, 2.75) is 24.3 Å². The summed E-state index contributed by atoms with van der Waals surface area (Å²) in [4.78, 5) is 16.1. The molecule has 0 bridgehead atoms. The highest BCUT2D eigenvalue weighted by atomic mass is 32.2. The number of fused-ring (bicyclic) bond motifs is 1. The monoisotopic (exact) mass is 410 g/mol. The standard InChI is InChI=1S/C18H19O7PS/c19-26(20,21)18(27(22,23)24)7-3-4-13-8-10-14(11-9-13)17-12-15-5-1-2-6-16(15)25-17/h1-2,5-6,8-12,18H,3-4,7H2,(H2,19,20,21)(H,22,23,24). The van der Waals surface area contributed by atoms with Crippen LogP contribution in [-0.2, 0) is 21.1 Å². The summed E-state index contributed by atoms with van der Waals surface area (Å²) in [7, 11) is -9.74. The van der Waals surface area contributed by atoms with Crippen LogP contribution in [0.3, 0.4) is 0 Å². The number of para-hydroxylation sites is 1. The van der Waals surface area contributed by atoms with E-state index in [1.165, 1.54) is 0 Å². The molecule has 1 aromatic heterocycles. The summed E-state index contributed by atoms with van der Waals surface area (Å²) < 4.78 is 48.3. The second-order valence-electron chi connectivity index (χ2n) is 6.30. The van der Waals surface area contributed by atoms with Crippen molar-refractivity contribution in [2.75, 3.05) is 0 Å². The third-order valence-corrected chi connectivity index (χ3v) is 7.85. The van der Waals surface area contributed by atoms with Crippen LogP contribution in [0.1, 0.15) is 18.4 Å². The van der Waals surface area contributed by atoms with Gasteiger partial charge in [-0.2, -0.15) is 8.42 Å². The molecule has 0 fully saturated rings. The van der Waals surface area contributed by atoms with Crippen LogP contribution in [0, 0.1) is 0 Å². The molecule has 0 spiro atoms. The first-order valence-electron chi connectivity index (χ1n) is 8.24. The minimum atomic E-state index is -4.93. The van der Waals surface area contributed by atoms with E-state index in [9.17, 15) is 13.0 Å². The van der Waals surface area contributed by atoms with Gasteiger partial charge in [0.15, 0.2) is 4.99 Å². The quantitative estimate of drug-likeness (QED) is 0.399. The first-order chi connectivity index (χ1) is 12.6. The molecule has 27 heavy (non-hydrogen) atoms. The molecule has 0 amide bonds. The third kappa shape index (κ3) is 4.86. The molecule has 9 heteroatoms. The molecule has 0 saturated carbocycles. The Morgan fingerprint density at radius 1 is 1.04 bits per heavy atom. The normalized spacial score (nSPS) is 13.7. The molecule has 2 aromatic carbocycles. The molecule has 3 N–H and O–H groups in total. The summed E-state index contributed by atoms with van der Waals surface area (Å²) in [5, 5.41) is 1.00. The van der Waals surface area contributed by atoms with E-state index < -0.39 is 22.7 Å². The van der Waals surface area contributed by atoms with Crippen LogP contribution in [0.4, 0.5) is 0 Å². The van der Waals surface area contributed by atoms with Gasteiger partial charge in [-0.3, -0.25) is 9.12 Å². The summed E-state index contributed by atoms with van der Waals surface area (Å²) in [5.41, 5.74) is 2.57. The molecule has 0 aliphatic rings. The van der Waals surface area contributed by atoms with Gasteiger partial charge in [0.1, 0.15) is 11.3 Å². The Morgan fingerprint density at radius 2 is 1.70 bits per heavy atom. The van der Waals surface area contributed by atoms with Gasteiger partial charge in [-0.1, -0.05) is 42.5 Å². The van der Waals surface area contributed by atoms with E-state index in [4.69, 9.17) is 18.8 Å². The Morgan fingerprint density at radius 3 is 2.30 bits per heavy atom. The molecule has 0 aliphatic heterocycles. The van der Waals surface area contributed by atoms with Crippen molar-refractivity contribution in [3.05, 3.63) is 60.2 Å². The topological polar surface area (TPSA) is 125 Å². The van der Waals surface area contributed by atoms with Gasteiger partial charge in [0, 0.05) is 10.9 Å². The lowest BCUT2D eigenvalue weighted by Gasteiger charge is -2.15. The fourth-order valence-electron chi connectivity index (χ4n) is 2.93. The van der Waals surface area contributed by atoms with Gasteiger partial charge in [0.05, 0.1) is 0 Å². The highest BCUT2D eigenvalue weighted by molar-refractivity contribution is 7.93. The van der Waals surface area contributed by atoms with E-state index >= 15 is 0 Å². The maximum Gasteiger partial charge on any atom is 0.346 e. The van der Waals surface area contributed by atoms with Gasteiger partial charge >= 0.3 is 7.60 Å². The highest BCUT2D eigenvalue weighted by Gasteiger charge is 2.38. The van der Waals surface area contributed by atoms with Crippen molar-refractivity contribution < 1.29 is 31.7 Å². The minimum absolute atomic E-state index is 0.208. The number of rotatable bonds is 7. The highest BCUT2D eigenvalue weighted by Crippen LogP contribution is 2.46. The van der Waals surface area contributed by atoms with E-state index in [0.717, 1.165) is 27.9 Å². The predicted octanol–water partition coefficient (Wildman–Crippen LogP) is 3.81. The van der Waals surface area contributed by atoms with Crippen molar-refractivity contribution in [1.29, 1.82) is 0 Å². The van der Waals surface area contributed by atoms with Crippen LogP contribution >= 0.6 is 7.60 Å². The van der Waals surface area contributed by atoms with E-state index in [1.54, 1.807) is 0 Å². The number of benzene rings is 2. The molecular formula is C18H19O7PS. The smallest absolute Gasteiger partial charge is 0.346 e. The van der Waals surface area contributed by atoms with Crippen molar-refractivity contribution in [1.82, 2.24) is 0 Å². The van der Waals surface area contributed by atoms with E-state index in [1.807, 2.05) is 54.6 Å². The third-order valence-electron chi connectivity index (χ3n) is 4.30. The molecular weight excluding hydrogens is 391 g/mol. The van der Waals surface area contributed by atoms with Crippen LogP contribution in [0.2, 0.25) is 0 Å². The average molecular weight is 410 g/mol. The molecule has 7 nitrogen and oxygen atoms in total. The zero-order chi connectivity index (χ0) is 19.7. The molecule has 1 unspecified atom stereocenters.